The molecule has 26 heavy (non-hydrogen) atoms. The molecule has 3 heterocycles. The molecule has 138 valence electrons. The van der Waals surface area contributed by atoms with E-state index in [1.165, 1.54) is 19.3 Å². The van der Waals surface area contributed by atoms with Crippen molar-refractivity contribution in [2.75, 3.05) is 19.6 Å². The summed E-state index contributed by atoms with van der Waals surface area (Å²) in [5.74, 6) is 0.119. The summed E-state index contributed by atoms with van der Waals surface area (Å²) in [6.45, 7) is 6.73. The Labute approximate surface area is 167 Å². The second-order valence-corrected chi connectivity index (χ2v) is 8.38. The van der Waals surface area contributed by atoms with E-state index in [0.717, 1.165) is 58.7 Å². The van der Waals surface area contributed by atoms with Crippen molar-refractivity contribution in [3.8, 4) is 5.69 Å². The lowest BCUT2D eigenvalue weighted by molar-refractivity contribution is -0.0237. The quantitative estimate of drug-likeness (QED) is 0.669. The molecule has 1 fully saturated rings. The fourth-order valence-corrected chi connectivity index (χ4v) is 5.04. The molecule has 0 spiro atoms. The molecule has 6 heteroatoms. The fraction of sp³-hybridized carbons (Fsp3) is 0.450. The minimum atomic E-state index is 0.119. The largest absolute Gasteiger partial charge is 0.306 e. The van der Waals surface area contributed by atoms with Crippen LogP contribution in [0.5, 0.6) is 0 Å². The van der Waals surface area contributed by atoms with Gasteiger partial charge in [-0.15, -0.1) is 0 Å². The number of hydrazine groups is 1. The SMILES string of the molecule is Cc1ccc(-n2c(Br)c(C)c3c2CCN(N2CCCCC2)C3=O)c(Cl)c1. The van der Waals surface area contributed by atoms with Crippen molar-refractivity contribution in [2.24, 2.45) is 0 Å². The standard InChI is InChI=1S/C20H23BrClN3O/c1-13-6-7-16(15(22)12-13)25-17-8-11-24(23-9-4-3-5-10-23)20(26)18(17)14(2)19(25)21/h6-7,12H,3-5,8-11H2,1-2H3. The van der Waals surface area contributed by atoms with Gasteiger partial charge in [-0.3, -0.25) is 9.80 Å². The van der Waals surface area contributed by atoms with Gasteiger partial charge in [0.15, 0.2) is 0 Å². The first-order chi connectivity index (χ1) is 12.5. The van der Waals surface area contributed by atoms with E-state index in [-0.39, 0.29) is 5.91 Å². The highest BCUT2D eigenvalue weighted by Gasteiger charge is 2.35. The smallest absolute Gasteiger partial charge is 0.270 e. The van der Waals surface area contributed by atoms with E-state index < -0.39 is 0 Å². The monoisotopic (exact) mass is 435 g/mol. The summed E-state index contributed by atoms with van der Waals surface area (Å²) in [6, 6.07) is 6.05. The first-order valence-corrected chi connectivity index (χ1v) is 10.4. The van der Waals surface area contributed by atoms with E-state index in [9.17, 15) is 4.79 Å². The van der Waals surface area contributed by atoms with E-state index in [4.69, 9.17) is 11.6 Å². The topological polar surface area (TPSA) is 28.5 Å². The van der Waals surface area contributed by atoms with Crippen molar-refractivity contribution >= 4 is 33.4 Å². The predicted molar refractivity (Wildman–Crippen MR) is 108 cm³/mol. The number of fused-ring (bicyclic) bond motifs is 1. The minimum Gasteiger partial charge on any atom is -0.306 e. The van der Waals surface area contributed by atoms with Crippen LogP contribution < -0.4 is 0 Å². The van der Waals surface area contributed by atoms with Gasteiger partial charge in [-0.1, -0.05) is 24.1 Å². The average molecular weight is 437 g/mol. The lowest BCUT2D eigenvalue weighted by Gasteiger charge is -2.39. The molecule has 2 aromatic rings. The van der Waals surface area contributed by atoms with Crippen LogP contribution in [0, 0.1) is 13.8 Å². The summed E-state index contributed by atoms with van der Waals surface area (Å²) < 4.78 is 3.03. The van der Waals surface area contributed by atoms with Crippen LogP contribution in [0.4, 0.5) is 0 Å². The molecule has 0 radical (unpaired) electrons. The van der Waals surface area contributed by atoms with Crippen molar-refractivity contribution < 1.29 is 4.79 Å². The van der Waals surface area contributed by atoms with Gasteiger partial charge in [0.05, 0.1) is 20.9 Å². The van der Waals surface area contributed by atoms with Gasteiger partial charge in [-0.2, -0.15) is 0 Å². The van der Waals surface area contributed by atoms with Gasteiger partial charge in [-0.25, -0.2) is 5.01 Å². The zero-order valence-electron chi connectivity index (χ0n) is 15.2. The predicted octanol–water partition coefficient (Wildman–Crippen LogP) is 4.91. The first kappa shape index (κ1) is 18.1. The maximum Gasteiger partial charge on any atom is 0.270 e. The number of carbonyl (C=O) groups is 1. The maximum absolute atomic E-state index is 13.3. The molecule has 2 aliphatic heterocycles. The highest BCUT2D eigenvalue weighted by Crippen LogP contribution is 2.37. The van der Waals surface area contributed by atoms with Crippen molar-refractivity contribution in [2.45, 2.75) is 39.5 Å². The Morgan fingerprint density at radius 2 is 1.81 bits per heavy atom. The number of piperidine rings is 1. The normalized spacial score (nSPS) is 18.3. The van der Waals surface area contributed by atoms with Gasteiger partial charge >= 0.3 is 0 Å². The number of aromatic nitrogens is 1. The molecule has 4 rings (SSSR count). The number of hydrogen-bond donors (Lipinski definition) is 0. The Morgan fingerprint density at radius 1 is 1.08 bits per heavy atom. The summed E-state index contributed by atoms with van der Waals surface area (Å²) in [6.07, 6.45) is 4.42. The van der Waals surface area contributed by atoms with E-state index in [1.54, 1.807) is 0 Å². The van der Waals surface area contributed by atoms with E-state index in [1.807, 2.05) is 31.0 Å². The van der Waals surface area contributed by atoms with Gasteiger partial charge in [0.25, 0.3) is 5.91 Å². The highest BCUT2D eigenvalue weighted by atomic mass is 79.9. The molecule has 0 aliphatic carbocycles. The minimum absolute atomic E-state index is 0.119. The van der Waals surface area contributed by atoms with Crippen LogP contribution in [-0.2, 0) is 6.42 Å². The molecule has 0 bridgehead atoms. The molecular weight excluding hydrogens is 414 g/mol. The number of amides is 1. The van der Waals surface area contributed by atoms with Crippen LogP contribution in [0.25, 0.3) is 5.69 Å². The Bertz CT molecular complexity index is 870. The van der Waals surface area contributed by atoms with Gasteiger partial charge in [0.2, 0.25) is 0 Å². The Kier molecular flexibility index (Phi) is 4.88. The van der Waals surface area contributed by atoms with Crippen LogP contribution in [-0.4, -0.2) is 40.1 Å². The molecule has 0 atom stereocenters. The Balaban J connectivity index is 1.78. The molecule has 1 amide bonds. The number of rotatable bonds is 2. The number of hydrogen-bond acceptors (Lipinski definition) is 2. The van der Waals surface area contributed by atoms with Crippen LogP contribution in [0.3, 0.4) is 0 Å². The summed E-state index contributed by atoms with van der Waals surface area (Å²) in [4.78, 5) is 13.3. The number of carbonyl (C=O) groups excluding carboxylic acids is 1. The highest BCUT2D eigenvalue weighted by molar-refractivity contribution is 9.10. The van der Waals surface area contributed by atoms with Crippen LogP contribution >= 0.6 is 27.5 Å². The lowest BCUT2D eigenvalue weighted by atomic mass is 10.0. The number of benzene rings is 1. The lowest BCUT2D eigenvalue weighted by Crippen LogP contribution is -2.51. The van der Waals surface area contributed by atoms with E-state index in [0.29, 0.717) is 5.02 Å². The second-order valence-electron chi connectivity index (χ2n) is 7.22. The van der Waals surface area contributed by atoms with Gasteiger partial charge in [-0.05, 0) is 65.9 Å². The van der Waals surface area contributed by atoms with Gasteiger partial charge < -0.3 is 4.57 Å². The van der Waals surface area contributed by atoms with Crippen molar-refractivity contribution in [3.63, 3.8) is 0 Å². The van der Waals surface area contributed by atoms with Gasteiger partial charge in [0, 0.05) is 31.7 Å². The van der Waals surface area contributed by atoms with Crippen LogP contribution in [0.1, 0.15) is 46.4 Å². The summed E-state index contributed by atoms with van der Waals surface area (Å²) in [5, 5.41) is 4.90. The molecule has 0 N–H and O–H groups in total. The molecule has 0 unspecified atom stereocenters. The summed E-state index contributed by atoms with van der Waals surface area (Å²) in [7, 11) is 0. The molecule has 1 aromatic heterocycles. The van der Waals surface area contributed by atoms with Crippen molar-refractivity contribution in [1.82, 2.24) is 14.6 Å². The molecule has 4 nitrogen and oxygen atoms in total. The number of halogens is 2. The number of nitrogens with zero attached hydrogens (tertiary/aromatic N) is 3. The van der Waals surface area contributed by atoms with Crippen molar-refractivity contribution in [1.29, 1.82) is 0 Å². The molecule has 2 aliphatic rings. The van der Waals surface area contributed by atoms with Gasteiger partial charge in [0.1, 0.15) is 0 Å². The first-order valence-electron chi connectivity index (χ1n) is 9.22. The number of aryl methyl sites for hydroxylation is 1. The summed E-state index contributed by atoms with van der Waals surface area (Å²) in [5.41, 5.74) is 4.92. The molecule has 1 aromatic carbocycles. The third-order valence-electron chi connectivity index (χ3n) is 5.47. The van der Waals surface area contributed by atoms with Crippen LogP contribution in [0.15, 0.2) is 22.8 Å². The molecule has 1 saturated heterocycles. The van der Waals surface area contributed by atoms with Crippen LogP contribution in [0.2, 0.25) is 5.02 Å². The zero-order valence-corrected chi connectivity index (χ0v) is 17.5. The Hall–Kier alpha value is -1.30. The average Bonchev–Trinajstić information content (AvgIpc) is 2.88. The third-order valence-corrected chi connectivity index (χ3v) is 6.72. The second kappa shape index (κ2) is 7.02. The van der Waals surface area contributed by atoms with E-state index in [2.05, 4.69) is 31.6 Å². The fourth-order valence-electron chi connectivity index (χ4n) is 4.11. The third kappa shape index (κ3) is 2.90. The Morgan fingerprint density at radius 3 is 2.50 bits per heavy atom. The van der Waals surface area contributed by atoms with Crippen molar-refractivity contribution in [3.05, 3.63) is 50.2 Å². The molecule has 0 saturated carbocycles. The summed E-state index contributed by atoms with van der Waals surface area (Å²) >= 11 is 10.2. The zero-order chi connectivity index (χ0) is 18.4. The van der Waals surface area contributed by atoms with E-state index >= 15 is 0 Å². The molecular formula is C20H23BrClN3O. The maximum atomic E-state index is 13.3.